The zero-order chi connectivity index (χ0) is 15.1. The van der Waals surface area contributed by atoms with Gasteiger partial charge in [-0.15, -0.1) is 6.42 Å². The summed E-state index contributed by atoms with van der Waals surface area (Å²) in [4.78, 5) is 4.21. The molecule has 1 aromatic heterocycles. The van der Waals surface area contributed by atoms with Crippen molar-refractivity contribution >= 4 is 15.9 Å². The molecule has 1 aromatic carbocycles. The molecule has 5 heteroatoms. The summed E-state index contributed by atoms with van der Waals surface area (Å²) in [6.45, 7) is 3.51. The molecule has 0 bridgehead atoms. The molecule has 2 rings (SSSR count). The molecule has 0 saturated carbocycles. The first-order valence-electron chi connectivity index (χ1n) is 6.72. The lowest BCUT2D eigenvalue weighted by Crippen LogP contribution is -2.14. The van der Waals surface area contributed by atoms with Crippen LogP contribution in [0, 0.1) is 12.3 Å². The highest BCUT2D eigenvalue weighted by Crippen LogP contribution is 2.23. The zero-order valence-corrected chi connectivity index (χ0v) is 13.4. The van der Waals surface area contributed by atoms with Crippen LogP contribution in [0.3, 0.4) is 0 Å². The average Bonchev–Trinajstić information content (AvgIpc) is 2.94. The van der Waals surface area contributed by atoms with E-state index in [1.807, 2.05) is 25.1 Å². The number of nitrogens with zero attached hydrogens (tertiary/aromatic N) is 1. The standard InChI is InChI=1S/C16H17BrN2O2/c1-3-7-20-15-6-5-13(17)8-12(15)9-18-11-16-19-10-14(4-2)21-16/h1,5-6,8,10,18H,4,7,9,11H2,2H3. The van der Waals surface area contributed by atoms with Gasteiger partial charge in [0.2, 0.25) is 5.89 Å². The quantitative estimate of drug-likeness (QED) is 0.780. The number of rotatable bonds is 7. The van der Waals surface area contributed by atoms with Gasteiger partial charge in [-0.25, -0.2) is 4.98 Å². The summed E-state index contributed by atoms with van der Waals surface area (Å²) in [7, 11) is 0. The van der Waals surface area contributed by atoms with Crippen molar-refractivity contribution in [1.82, 2.24) is 10.3 Å². The fraction of sp³-hybridized carbons (Fsp3) is 0.312. The van der Waals surface area contributed by atoms with Crippen LogP contribution in [-0.2, 0) is 19.5 Å². The van der Waals surface area contributed by atoms with Gasteiger partial charge in [0.25, 0.3) is 0 Å². The molecule has 0 radical (unpaired) electrons. The lowest BCUT2D eigenvalue weighted by Gasteiger charge is -2.10. The molecule has 1 N–H and O–H groups in total. The molecule has 0 aliphatic heterocycles. The van der Waals surface area contributed by atoms with Crippen LogP contribution in [0.2, 0.25) is 0 Å². The minimum Gasteiger partial charge on any atom is -0.481 e. The van der Waals surface area contributed by atoms with Crippen molar-refractivity contribution in [2.45, 2.75) is 26.4 Å². The van der Waals surface area contributed by atoms with E-state index in [1.54, 1.807) is 6.20 Å². The Morgan fingerprint density at radius 2 is 2.29 bits per heavy atom. The van der Waals surface area contributed by atoms with Crippen LogP contribution in [0.5, 0.6) is 5.75 Å². The Labute approximate surface area is 133 Å². The van der Waals surface area contributed by atoms with E-state index in [0.717, 1.165) is 28.0 Å². The number of aryl methyl sites for hydroxylation is 1. The van der Waals surface area contributed by atoms with Gasteiger partial charge in [-0.3, -0.25) is 0 Å². The highest BCUT2D eigenvalue weighted by atomic mass is 79.9. The van der Waals surface area contributed by atoms with Crippen LogP contribution in [0.4, 0.5) is 0 Å². The molecule has 0 saturated heterocycles. The average molecular weight is 349 g/mol. The molecule has 1 heterocycles. The van der Waals surface area contributed by atoms with Crippen LogP contribution >= 0.6 is 15.9 Å². The number of halogens is 1. The fourth-order valence-electron chi connectivity index (χ4n) is 1.84. The molecule has 4 nitrogen and oxygen atoms in total. The molecule has 0 fully saturated rings. The van der Waals surface area contributed by atoms with Gasteiger partial charge in [0, 0.05) is 23.0 Å². The molecular weight excluding hydrogens is 332 g/mol. The Morgan fingerprint density at radius 3 is 3.00 bits per heavy atom. The predicted molar refractivity (Wildman–Crippen MR) is 84.9 cm³/mol. The third-order valence-corrected chi connectivity index (χ3v) is 3.37. The number of nitrogens with one attached hydrogen (secondary N) is 1. The van der Waals surface area contributed by atoms with E-state index < -0.39 is 0 Å². The predicted octanol–water partition coefficient (Wildman–Crippen LogP) is 3.30. The van der Waals surface area contributed by atoms with Crippen LogP contribution in [0.1, 0.15) is 24.1 Å². The highest BCUT2D eigenvalue weighted by Gasteiger charge is 2.06. The monoisotopic (exact) mass is 348 g/mol. The van der Waals surface area contributed by atoms with Crippen molar-refractivity contribution in [2.24, 2.45) is 0 Å². The first-order chi connectivity index (χ1) is 10.2. The molecule has 0 aliphatic carbocycles. The van der Waals surface area contributed by atoms with Gasteiger partial charge in [0.05, 0.1) is 12.7 Å². The Bertz CT molecular complexity index is 631. The van der Waals surface area contributed by atoms with E-state index in [2.05, 4.69) is 32.2 Å². The summed E-state index contributed by atoms with van der Waals surface area (Å²) >= 11 is 3.46. The summed E-state index contributed by atoms with van der Waals surface area (Å²) < 4.78 is 12.1. The Balaban J connectivity index is 1.95. The number of aromatic nitrogens is 1. The minimum atomic E-state index is 0.258. The van der Waals surface area contributed by atoms with Crippen molar-refractivity contribution in [1.29, 1.82) is 0 Å². The summed E-state index contributed by atoms with van der Waals surface area (Å²) in [6.07, 6.45) is 7.84. The third kappa shape index (κ3) is 4.62. The van der Waals surface area contributed by atoms with Crippen LogP contribution in [-0.4, -0.2) is 11.6 Å². The van der Waals surface area contributed by atoms with E-state index in [1.165, 1.54) is 0 Å². The molecular formula is C16H17BrN2O2. The largest absolute Gasteiger partial charge is 0.481 e. The molecule has 0 spiro atoms. The van der Waals surface area contributed by atoms with E-state index in [0.29, 0.717) is 19.0 Å². The number of oxazole rings is 1. The topological polar surface area (TPSA) is 47.3 Å². The van der Waals surface area contributed by atoms with Crippen molar-refractivity contribution in [3.8, 4) is 18.1 Å². The fourth-order valence-corrected chi connectivity index (χ4v) is 2.25. The summed E-state index contributed by atoms with van der Waals surface area (Å²) in [5.41, 5.74) is 1.03. The van der Waals surface area contributed by atoms with Crippen molar-refractivity contribution in [2.75, 3.05) is 6.61 Å². The molecule has 21 heavy (non-hydrogen) atoms. The number of terminal acetylenes is 1. The van der Waals surface area contributed by atoms with E-state index in [9.17, 15) is 0 Å². The smallest absolute Gasteiger partial charge is 0.208 e. The minimum absolute atomic E-state index is 0.258. The maximum Gasteiger partial charge on any atom is 0.208 e. The van der Waals surface area contributed by atoms with Gasteiger partial charge < -0.3 is 14.5 Å². The van der Waals surface area contributed by atoms with E-state index in [-0.39, 0.29) is 6.61 Å². The number of benzene rings is 1. The second kappa shape index (κ2) is 7.87. The van der Waals surface area contributed by atoms with Gasteiger partial charge in [-0.2, -0.15) is 0 Å². The molecule has 110 valence electrons. The summed E-state index contributed by atoms with van der Waals surface area (Å²) in [6, 6.07) is 5.83. The van der Waals surface area contributed by atoms with Crippen LogP contribution < -0.4 is 10.1 Å². The van der Waals surface area contributed by atoms with Crippen molar-refractivity contribution < 1.29 is 9.15 Å². The third-order valence-electron chi connectivity index (χ3n) is 2.88. The lowest BCUT2D eigenvalue weighted by atomic mass is 10.2. The molecule has 2 aromatic rings. The van der Waals surface area contributed by atoms with Gasteiger partial charge in [0.15, 0.2) is 0 Å². The van der Waals surface area contributed by atoms with E-state index in [4.69, 9.17) is 15.6 Å². The number of hydrogen-bond donors (Lipinski definition) is 1. The number of ether oxygens (including phenoxy) is 1. The lowest BCUT2D eigenvalue weighted by molar-refractivity contribution is 0.363. The van der Waals surface area contributed by atoms with Crippen LogP contribution in [0.25, 0.3) is 0 Å². The van der Waals surface area contributed by atoms with Gasteiger partial charge >= 0.3 is 0 Å². The van der Waals surface area contributed by atoms with Gasteiger partial charge in [-0.1, -0.05) is 28.8 Å². The summed E-state index contributed by atoms with van der Waals surface area (Å²) in [5, 5.41) is 3.29. The van der Waals surface area contributed by atoms with Crippen molar-refractivity contribution in [3.63, 3.8) is 0 Å². The molecule has 0 atom stereocenters. The Hall–Kier alpha value is -1.77. The highest BCUT2D eigenvalue weighted by molar-refractivity contribution is 9.10. The van der Waals surface area contributed by atoms with Crippen LogP contribution in [0.15, 0.2) is 33.3 Å². The van der Waals surface area contributed by atoms with Gasteiger partial charge in [-0.05, 0) is 18.2 Å². The molecule has 0 amide bonds. The number of hydrogen-bond acceptors (Lipinski definition) is 4. The maximum absolute atomic E-state index is 5.55. The first-order valence-corrected chi connectivity index (χ1v) is 7.51. The molecule has 0 aliphatic rings. The second-order valence-electron chi connectivity index (χ2n) is 4.42. The van der Waals surface area contributed by atoms with E-state index >= 15 is 0 Å². The second-order valence-corrected chi connectivity index (χ2v) is 5.34. The SMILES string of the molecule is C#CCOc1ccc(Br)cc1CNCc1ncc(CC)o1. The Morgan fingerprint density at radius 1 is 1.43 bits per heavy atom. The summed E-state index contributed by atoms with van der Waals surface area (Å²) in [5.74, 6) is 4.84. The Kier molecular flexibility index (Phi) is 5.85. The van der Waals surface area contributed by atoms with Crippen molar-refractivity contribution in [3.05, 3.63) is 46.1 Å². The normalized spacial score (nSPS) is 10.3. The first kappa shape index (κ1) is 15.6. The van der Waals surface area contributed by atoms with Gasteiger partial charge in [0.1, 0.15) is 18.1 Å². The zero-order valence-electron chi connectivity index (χ0n) is 11.9. The molecule has 0 unspecified atom stereocenters. The maximum atomic E-state index is 5.55.